The van der Waals surface area contributed by atoms with Crippen LogP contribution in [0, 0.1) is 13.8 Å². The minimum Gasteiger partial charge on any atom is -0.362 e. The molecule has 0 saturated carbocycles. The molecule has 1 aliphatic heterocycles. The number of anilines is 1. The van der Waals surface area contributed by atoms with Gasteiger partial charge in [0.25, 0.3) is 15.9 Å². The predicted molar refractivity (Wildman–Crippen MR) is 128 cm³/mol. The summed E-state index contributed by atoms with van der Waals surface area (Å²) in [5.41, 5.74) is 2.85. The number of nitrogens with one attached hydrogen (secondary N) is 1. The van der Waals surface area contributed by atoms with Crippen molar-refractivity contribution in [1.82, 2.24) is 9.47 Å². The van der Waals surface area contributed by atoms with E-state index >= 15 is 0 Å². The molecule has 0 bridgehead atoms. The maximum Gasteiger partial charge on any atom is 0.284 e. The molecule has 2 aromatic heterocycles. The van der Waals surface area contributed by atoms with E-state index in [1.165, 1.54) is 17.0 Å². The largest absolute Gasteiger partial charge is 0.362 e. The van der Waals surface area contributed by atoms with Crippen molar-refractivity contribution >= 4 is 38.8 Å². The van der Waals surface area contributed by atoms with Gasteiger partial charge >= 0.3 is 0 Å². The van der Waals surface area contributed by atoms with Crippen LogP contribution in [0.2, 0.25) is 0 Å². The van der Waals surface area contributed by atoms with Gasteiger partial charge in [0.15, 0.2) is 0 Å². The minimum absolute atomic E-state index is 0.0614. The number of aromatic nitrogens is 1. The number of rotatable bonds is 6. The first-order chi connectivity index (χ1) is 15.2. The van der Waals surface area contributed by atoms with Crippen LogP contribution < -0.4 is 5.32 Å². The summed E-state index contributed by atoms with van der Waals surface area (Å²) in [4.78, 5) is 16.1. The van der Waals surface area contributed by atoms with Crippen molar-refractivity contribution in [3.63, 3.8) is 0 Å². The fourth-order valence-electron chi connectivity index (χ4n) is 3.87. The van der Waals surface area contributed by atoms with E-state index in [-0.39, 0.29) is 10.8 Å². The molecule has 1 aromatic carbocycles. The number of nitrogens with zero attached hydrogens (tertiary/aromatic N) is 3. The van der Waals surface area contributed by atoms with Crippen molar-refractivity contribution in [2.45, 2.75) is 38.1 Å². The number of hydrogen-bond acceptors (Lipinski definition) is 4. The molecule has 0 atom stereocenters. The number of amides is 1. The van der Waals surface area contributed by atoms with Gasteiger partial charge in [0.2, 0.25) is 0 Å². The number of thiophene rings is 1. The third kappa shape index (κ3) is 4.63. The van der Waals surface area contributed by atoms with E-state index in [1.54, 1.807) is 23.5 Å². The normalized spacial score (nSPS) is 15.5. The van der Waals surface area contributed by atoms with Crippen LogP contribution in [0.5, 0.6) is 0 Å². The lowest BCUT2D eigenvalue weighted by Gasteiger charge is -2.11. The summed E-state index contributed by atoms with van der Waals surface area (Å²) in [6.07, 6.45) is 1.54. The molecule has 3 heterocycles. The summed E-state index contributed by atoms with van der Waals surface area (Å²) in [5, 5.41) is 4.88. The highest BCUT2D eigenvalue weighted by Gasteiger charge is 2.21. The Morgan fingerprint density at radius 1 is 1.19 bits per heavy atom. The van der Waals surface area contributed by atoms with Crippen LogP contribution in [0.4, 0.5) is 5.69 Å². The van der Waals surface area contributed by atoms with Crippen LogP contribution in [-0.2, 0) is 16.6 Å². The van der Waals surface area contributed by atoms with Gasteiger partial charge in [-0.15, -0.1) is 15.7 Å². The van der Waals surface area contributed by atoms with Gasteiger partial charge in [-0.2, -0.15) is 8.42 Å². The van der Waals surface area contributed by atoms with Gasteiger partial charge in [-0.3, -0.25) is 4.79 Å². The lowest BCUT2D eigenvalue weighted by atomic mass is 10.2. The lowest BCUT2D eigenvalue weighted by Crippen LogP contribution is -2.20. The Hall–Kier alpha value is -2.91. The number of likely N-dealkylation sites (tertiary alicyclic amines) is 1. The van der Waals surface area contributed by atoms with Crippen LogP contribution >= 0.6 is 11.3 Å². The summed E-state index contributed by atoms with van der Waals surface area (Å²) in [5.74, 6) is 0.296. The van der Waals surface area contributed by atoms with E-state index in [4.69, 9.17) is 0 Å². The van der Waals surface area contributed by atoms with Gasteiger partial charge in [-0.25, -0.2) is 0 Å². The van der Waals surface area contributed by atoms with Crippen LogP contribution in [0.1, 0.15) is 39.5 Å². The molecule has 168 valence electrons. The highest BCUT2D eigenvalue weighted by Crippen LogP contribution is 2.23. The zero-order valence-corrected chi connectivity index (χ0v) is 20.0. The average Bonchev–Trinajstić information content (AvgIpc) is 3.47. The Bertz CT molecular complexity index is 1270. The molecule has 1 aliphatic rings. The number of benzene rings is 1. The molecule has 1 amide bonds. The molecule has 32 heavy (non-hydrogen) atoms. The van der Waals surface area contributed by atoms with E-state index in [1.807, 2.05) is 43.3 Å². The van der Waals surface area contributed by atoms with Crippen molar-refractivity contribution in [3.05, 3.63) is 69.7 Å². The first-order valence-electron chi connectivity index (χ1n) is 10.4. The summed E-state index contributed by atoms with van der Waals surface area (Å²) < 4.78 is 31.6. The minimum atomic E-state index is -3.85. The molecule has 0 aliphatic carbocycles. The fraction of sp³-hybridized carbons (Fsp3) is 0.304. The van der Waals surface area contributed by atoms with Crippen LogP contribution in [0.15, 0.2) is 57.1 Å². The molecule has 1 saturated heterocycles. The van der Waals surface area contributed by atoms with Gasteiger partial charge in [0, 0.05) is 42.0 Å². The molecule has 0 radical (unpaired) electrons. The van der Waals surface area contributed by atoms with Crippen molar-refractivity contribution in [3.8, 4) is 0 Å². The molecule has 0 spiro atoms. The van der Waals surface area contributed by atoms with Crippen molar-refractivity contribution in [2.24, 2.45) is 4.40 Å². The highest BCUT2D eigenvalue weighted by atomic mass is 32.2. The third-order valence-electron chi connectivity index (χ3n) is 5.66. The Labute approximate surface area is 192 Å². The van der Waals surface area contributed by atoms with Crippen LogP contribution in [0.3, 0.4) is 0 Å². The Morgan fingerprint density at radius 3 is 2.69 bits per heavy atom. The second-order valence-corrected chi connectivity index (χ2v) is 10.6. The van der Waals surface area contributed by atoms with E-state index in [2.05, 4.69) is 20.3 Å². The maximum atomic E-state index is 13.0. The molecular formula is C23H26N4O3S2. The third-order valence-corrected chi connectivity index (χ3v) is 7.82. The monoisotopic (exact) mass is 470 g/mol. The van der Waals surface area contributed by atoms with E-state index < -0.39 is 10.0 Å². The standard InChI is InChI=1S/C23H26N4O3S2/c1-16-13-21(17(2)27(16)15-19-8-6-12-31-19)23(28)24-18-7-4-9-20(14-18)32(29,30)25-22-10-5-11-26(22)3/h4,6-9,12-14H,5,10-11,15H2,1-3H3,(H,24,28)/b25-22+. The zero-order chi connectivity index (χ0) is 22.9. The Balaban J connectivity index is 1.55. The van der Waals surface area contributed by atoms with Crippen molar-refractivity contribution < 1.29 is 13.2 Å². The van der Waals surface area contributed by atoms with Crippen LogP contribution in [0.25, 0.3) is 0 Å². The Kier molecular flexibility index (Phi) is 6.21. The van der Waals surface area contributed by atoms with E-state index in [9.17, 15) is 13.2 Å². The lowest BCUT2D eigenvalue weighted by molar-refractivity contribution is 0.102. The number of aryl methyl sites for hydroxylation is 1. The number of carbonyl (C=O) groups excluding carboxylic acids is 1. The molecule has 1 fully saturated rings. The first kappa shape index (κ1) is 22.3. The van der Waals surface area contributed by atoms with E-state index in [0.717, 1.165) is 24.4 Å². The molecular weight excluding hydrogens is 444 g/mol. The van der Waals surface area contributed by atoms with Crippen LogP contribution in [-0.4, -0.2) is 43.2 Å². The fourth-order valence-corrected chi connectivity index (χ4v) is 5.70. The number of sulfonamides is 1. The number of hydrogen-bond donors (Lipinski definition) is 1. The van der Waals surface area contributed by atoms with Crippen molar-refractivity contribution in [2.75, 3.05) is 18.9 Å². The van der Waals surface area contributed by atoms with Gasteiger partial charge in [0.05, 0.1) is 17.0 Å². The summed E-state index contributed by atoms with van der Waals surface area (Å²) in [7, 11) is -2.01. The summed E-state index contributed by atoms with van der Waals surface area (Å²) in [6.45, 7) is 5.41. The smallest absolute Gasteiger partial charge is 0.284 e. The highest BCUT2D eigenvalue weighted by molar-refractivity contribution is 7.90. The SMILES string of the molecule is Cc1cc(C(=O)Nc2cccc(S(=O)(=O)/N=C3\CCCN3C)c2)c(C)n1Cc1cccs1. The topological polar surface area (TPSA) is 83.8 Å². The maximum absolute atomic E-state index is 13.0. The molecule has 1 N–H and O–H groups in total. The summed E-state index contributed by atoms with van der Waals surface area (Å²) >= 11 is 1.68. The quantitative estimate of drug-likeness (QED) is 0.583. The molecule has 7 nitrogen and oxygen atoms in total. The van der Waals surface area contributed by atoms with Gasteiger partial charge in [-0.05, 0) is 56.0 Å². The first-order valence-corrected chi connectivity index (χ1v) is 12.7. The average molecular weight is 471 g/mol. The Morgan fingerprint density at radius 2 is 2.00 bits per heavy atom. The number of amidine groups is 1. The summed E-state index contributed by atoms with van der Waals surface area (Å²) in [6, 6.07) is 12.2. The number of carbonyl (C=O) groups is 1. The van der Waals surface area contributed by atoms with Gasteiger partial charge in [0.1, 0.15) is 5.84 Å². The molecule has 3 aromatic rings. The molecule has 0 unspecified atom stereocenters. The van der Waals surface area contributed by atoms with Crippen molar-refractivity contribution in [1.29, 1.82) is 0 Å². The van der Waals surface area contributed by atoms with Gasteiger partial charge < -0.3 is 14.8 Å². The zero-order valence-electron chi connectivity index (χ0n) is 18.3. The predicted octanol–water partition coefficient (Wildman–Crippen LogP) is 4.28. The van der Waals surface area contributed by atoms with E-state index in [0.29, 0.717) is 30.1 Å². The second-order valence-electron chi connectivity index (χ2n) is 7.94. The van der Waals surface area contributed by atoms with Gasteiger partial charge in [-0.1, -0.05) is 12.1 Å². The molecule has 9 heteroatoms. The second kappa shape index (κ2) is 8.91. The molecule has 4 rings (SSSR count).